The number of aromatic amines is 1. The Balaban J connectivity index is 1.50. The Kier molecular flexibility index (Phi) is 8.53. The summed E-state index contributed by atoms with van der Waals surface area (Å²) >= 11 is 6.67. The molecule has 0 aliphatic carbocycles. The molecular weight excluding hydrogens is 562 g/mol. The summed E-state index contributed by atoms with van der Waals surface area (Å²) in [5.41, 5.74) is 4.05. The van der Waals surface area contributed by atoms with Crippen molar-refractivity contribution in [2.75, 3.05) is 7.11 Å². The number of ether oxygens (including phenoxy) is 1. The highest BCUT2D eigenvalue weighted by molar-refractivity contribution is 6.31. The molecule has 6 aromatic rings. The number of rotatable bonds is 11. The van der Waals surface area contributed by atoms with Crippen molar-refractivity contribution >= 4 is 22.5 Å². The highest BCUT2D eigenvalue weighted by Gasteiger charge is 2.31. The molecule has 0 aliphatic rings. The van der Waals surface area contributed by atoms with Crippen molar-refractivity contribution in [3.63, 3.8) is 0 Å². The maximum atomic E-state index is 13.9. The predicted molar refractivity (Wildman–Crippen MR) is 166 cm³/mol. The van der Waals surface area contributed by atoms with Crippen LogP contribution in [-0.4, -0.2) is 42.2 Å². The van der Waals surface area contributed by atoms with E-state index in [0.29, 0.717) is 47.3 Å². The van der Waals surface area contributed by atoms with E-state index in [1.165, 1.54) is 5.56 Å². The minimum absolute atomic E-state index is 0.226. The SMILES string of the molecule is COc1ccc2[nH]c(=O)c([C@@H](c3nnnn3CCc3ccccc3)N(Cc3cccnc3)Cc3ccccc3Cl)cc2c1. The fourth-order valence-corrected chi connectivity index (χ4v) is 5.48. The van der Waals surface area contributed by atoms with Gasteiger partial charge in [-0.05, 0) is 69.9 Å². The fraction of sp³-hybridized carbons (Fsp3) is 0.182. The first kappa shape index (κ1) is 28.3. The summed E-state index contributed by atoms with van der Waals surface area (Å²) in [5.74, 6) is 1.25. The summed E-state index contributed by atoms with van der Waals surface area (Å²) in [7, 11) is 1.62. The Morgan fingerprint density at radius 1 is 0.953 bits per heavy atom. The van der Waals surface area contributed by atoms with Crippen molar-refractivity contribution in [3.05, 3.63) is 147 Å². The summed E-state index contributed by atoms with van der Waals surface area (Å²) in [4.78, 5) is 23.4. The van der Waals surface area contributed by atoms with Gasteiger partial charge < -0.3 is 9.72 Å². The van der Waals surface area contributed by atoms with Crippen LogP contribution in [0.3, 0.4) is 0 Å². The third-order valence-electron chi connectivity index (χ3n) is 7.44. The molecule has 0 bridgehead atoms. The number of aryl methyl sites for hydroxylation is 2. The van der Waals surface area contributed by atoms with Crippen molar-refractivity contribution in [3.8, 4) is 5.75 Å². The number of H-pyrrole nitrogens is 1. The molecule has 1 N–H and O–H groups in total. The third-order valence-corrected chi connectivity index (χ3v) is 7.81. The molecule has 0 radical (unpaired) electrons. The number of hydrogen-bond donors (Lipinski definition) is 1. The van der Waals surface area contributed by atoms with Crippen molar-refractivity contribution in [1.29, 1.82) is 0 Å². The molecule has 0 spiro atoms. The topological polar surface area (TPSA) is 102 Å². The second-order valence-corrected chi connectivity index (χ2v) is 10.7. The summed E-state index contributed by atoms with van der Waals surface area (Å²) in [6.07, 6.45) is 4.29. The Hall–Kier alpha value is -4.86. The largest absolute Gasteiger partial charge is 0.497 e. The van der Waals surface area contributed by atoms with Crippen molar-refractivity contribution < 1.29 is 4.74 Å². The van der Waals surface area contributed by atoms with Crippen LogP contribution in [0.5, 0.6) is 5.75 Å². The monoisotopic (exact) mass is 591 g/mol. The molecule has 0 saturated carbocycles. The summed E-state index contributed by atoms with van der Waals surface area (Å²) in [5, 5.41) is 14.4. The van der Waals surface area contributed by atoms with Gasteiger partial charge >= 0.3 is 0 Å². The van der Waals surface area contributed by atoms with Gasteiger partial charge in [0, 0.05) is 53.5 Å². The summed E-state index contributed by atoms with van der Waals surface area (Å²) < 4.78 is 7.26. The molecule has 3 aromatic heterocycles. The molecule has 0 unspecified atom stereocenters. The number of halogens is 1. The Labute approximate surface area is 253 Å². The van der Waals surface area contributed by atoms with Crippen molar-refractivity contribution in [2.24, 2.45) is 0 Å². The molecule has 0 amide bonds. The van der Waals surface area contributed by atoms with Crippen molar-refractivity contribution in [2.45, 2.75) is 32.1 Å². The molecule has 1 atom stereocenters. The average molecular weight is 592 g/mol. The maximum absolute atomic E-state index is 13.9. The predicted octanol–water partition coefficient (Wildman–Crippen LogP) is 5.61. The van der Waals surface area contributed by atoms with E-state index in [9.17, 15) is 4.79 Å². The van der Waals surface area contributed by atoms with Gasteiger partial charge in [0.2, 0.25) is 0 Å². The van der Waals surface area contributed by atoms with Crippen LogP contribution in [0.4, 0.5) is 0 Å². The number of hydrogen-bond acceptors (Lipinski definition) is 7. The smallest absolute Gasteiger partial charge is 0.253 e. The van der Waals surface area contributed by atoms with E-state index in [1.807, 2.05) is 85.1 Å². The zero-order valence-corrected chi connectivity index (χ0v) is 24.4. The lowest BCUT2D eigenvalue weighted by molar-refractivity contribution is 0.193. The van der Waals surface area contributed by atoms with E-state index in [1.54, 1.807) is 18.0 Å². The van der Waals surface area contributed by atoms with E-state index < -0.39 is 6.04 Å². The van der Waals surface area contributed by atoms with Crippen LogP contribution < -0.4 is 10.3 Å². The third kappa shape index (κ3) is 6.48. The molecule has 216 valence electrons. The molecule has 9 nitrogen and oxygen atoms in total. The first-order valence-corrected chi connectivity index (χ1v) is 14.3. The Bertz CT molecular complexity index is 1880. The fourth-order valence-electron chi connectivity index (χ4n) is 5.29. The van der Waals surface area contributed by atoms with Crippen molar-refractivity contribution in [1.82, 2.24) is 35.1 Å². The molecule has 0 aliphatic heterocycles. The van der Waals surface area contributed by atoms with Gasteiger partial charge in [-0.15, -0.1) is 5.10 Å². The number of benzene rings is 3. The number of methoxy groups -OCH3 is 1. The van der Waals surface area contributed by atoms with E-state index in [0.717, 1.165) is 22.9 Å². The standard InChI is InChI=1S/C33H30ClN7O2/c1-43-27-13-14-30-26(18-27)19-28(33(42)36-30)31(32-37-38-39-41(32)17-15-23-8-3-2-4-9-23)40(21-24-10-7-16-35-20-24)22-25-11-5-6-12-29(25)34/h2-14,16,18-20,31H,15,17,21-22H2,1H3,(H,36,42)/t31-/m0/s1. The first-order chi connectivity index (χ1) is 21.1. The Morgan fingerprint density at radius 2 is 1.77 bits per heavy atom. The van der Waals surface area contributed by atoms with Crippen LogP contribution in [0.25, 0.3) is 10.9 Å². The van der Waals surface area contributed by atoms with Gasteiger partial charge in [-0.3, -0.25) is 14.7 Å². The van der Waals surface area contributed by atoms with Gasteiger partial charge in [0.1, 0.15) is 11.8 Å². The van der Waals surface area contributed by atoms with Crippen LogP contribution >= 0.6 is 11.6 Å². The van der Waals surface area contributed by atoms with Gasteiger partial charge in [0.15, 0.2) is 5.82 Å². The molecular formula is C33H30ClN7O2. The normalized spacial score (nSPS) is 12.1. The maximum Gasteiger partial charge on any atom is 0.253 e. The number of pyridine rings is 2. The molecule has 3 aromatic carbocycles. The highest BCUT2D eigenvalue weighted by atomic mass is 35.5. The van der Waals surface area contributed by atoms with Crippen LogP contribution in [-0.2, 0) is 26.1 Å². The molecule has 10 heteroatoms. The second-order valence-electron chi connectivity index (χ2n) is 10.3. The molecule has 0 saturated heterocycles. The second kappa shape index (κ2) is 13.0. The van der Waals surface area contributed by atoms with Gasteiger partial charge in [0.25, 0.3) is 5.56 Å². The minimum Gasteiger partial charge on any atom is -0.497 e. The quantitative estimate of drug-likeness (QED) is 0.209. The van der Waals surface area contributed by atoms with Crippen LogP contribution in [0, 0.1) is 0 Å². The minimum atomic E-state index is -0.624. The van der Waals surface area contributed by atoms with E-state index >= 15 is 0 Å². The molecule has 6 rings (SSSR count). The zero-order chi connectivity index (χ0) is 29.6. The van der Waals surface area contributed by atoms with Gasteiger partial charge in [-0.1, -0.05) is 66.2 Å². The Morgan fingerprint density at radius 3 is 2.56 bits per heavy atom. The zero-order valence-electron chi connectivity index (χ0n) is 23.6. The van der Waals surface area contributed by atoms with Gasteiger partial charge in [0.05, 0.1) is 7.11 Å². The number of fused-ring (bicyclic) bond motifs is 1. The number of nitrogens with zero attached hydrogens (tertiary/aromatic N) is 6. The lowest BCUT2D eigenvalue weighted by atomic mass is 10.0. The molecule has 0 fully saturated rings. The van der Waals surface area contributed by atoms with Gasteiger partial charge in [-0.25, -0.2) is 4.68 Å². The molecule has 3 heterocycles. The summed E-state index contributed by atoms with van der Waals surface area (Å²) in [6, 6.07) is 28.7. The van der Waals surface area contributed by atoms with Crippen LogP contribution in [0.2, 0.25) is 5.02 Å². The van der Waals surface area contributed by atoms with E-state index in [2.05, 4.69) is 42.5 Å². The highest BCUT2D eigenvalue weighted by Crippen LogP contribution is 2.32. The lowest BCUT2D eigenvalue weighted by Crippen LogP contribution is -2.35. The van der Waals surface area contributed by atoms with E-state index in [4.69, 9.17) is 16.3 Å². The first-order valence-electron chi connectivity index (χ1n) is 14.0. The van der Waals surface area contributed by atoms with Crippen LogP contribution in [0.15, 0.2) is 108 Å². The molecule has 43 heavy (non-hydrogen) atoms. The lowest BCUT2D eigenvalue weighted by Gasteiger charge is -2.31. The summed E-state index contributed by atoms with van der Waals surface area (Å²) in [6.45, 7) is 1.43. The number of tetrazole rings is 1. The van der Waals surface area contributed by atoms with Gasteiger partial charge in [-0.2, -0.15) is 0 Å². The average Bonchev–Trinajstić information content (AvgIpc) is 3.50. The van der Waals surface area contributed by atoms with E-state index in [-0.39, 0.29) is 5.56 Å². The number of nitrogens with one attached hydrogen (secondary N) is 1. The number of aromatic nitrogens is 6. The van der Waals surface area contributed by atoms with Crippen LogP contribution in [0.1, 0.15) is 34.1 Å².